The van der Waals surface area contributed by atoms with E-state index in [9.17, 15) is 9.32 Å². The molecule has 4 nitrogen and oxygen atoms in total. The molecule has 0 saturated carbocycles. The third-order valence-corrected chi connectivity index (χ3v) is 5.08. The zero-order valence-corrected chi connectivity index (χ0v) is 12.3. The molecule has 1 aromatic heterocycles. The number of benzene rings is 1. The minimum absolute atomic E-state index is 0.268. The first-order valence-corrected chi connectivity index (χ1v) is 8.27. The van der Waals surface area contributed by atoms with Gasteiger partial charge in [0.2, 0.25) is 0 Å². The van der Waals surface area contributed by atoms with Crippen molar-refractivity contribution in [1.82, 2.24) is 9.88 Å². The number of aromatic hydroxyl groups is 1. The van der Waals surface area contributed by atoms with E-state index in [1.54, 1.807) is 6.20 Å². The molecule has 1 N–H and O–H groups in total. The second-order valence-electron chi connectivity index (χ2n) is 5.22. The predicted molar refractivity (Wildman–Crippen MR) is 81.3 cm³/mol. The fourth-order valence-electron chi connectivity index (χ4n) is 2.65. The average Bonchev–Trinajstić information content (AvgIpc) is 2.47. The van der Waals surface area contributed by atoms with Crippen LogP contribution in [0.15, 0.2) is 24.4 Å². The number of hydrogen-bond acceptors (Lipinski definition) is 4. The molecule has 2 aromatic rings. The van der Waals surface area contributed by atoms with Crippen molar-refractivity contribution in [3.63, 3.8) is 0 Å². The lowest BCUT2D eigenvalue weighted by atomic mass is 10.0. The quantitative estimate of drug-likeness (QED) is 0.916. The fourth-order valence-corrected chi connectivity index (χ4v) is 3.78. The molecule has 0 radical (unpaired) electrons. The zero-order chi connectivity index (χ0) is 14.1. The molecule has 1 aromatic carbocycles. The molecule has 2 heterocycles. The Morgan fingerprint density at radius 1 is 1.40 bits per heavy atom. The Kier molecular flexibility index (Phi) is 3.72. The van der Waals surface area contributed by atoms with Gasteiger partial charge in [-0.15, -0.1) is 0 Å². The SMILES string of the molecule is Cc1cc(CN2CCS(=O)CC2)c2cccnc2c1O. The van der Waals surface area contributed by atoms with E-state index in [0.717, 1.165) is 42.1 Å². The van der Waals surface area contributed by atoms with Gasteiger partial charge in [-0.25, -0.2) is 0 Å². The summed E-state index contributed by atoms with van der Waals surface area (Å²) in [6.07, 6.45) is 1.70. The fraction of sp³-hybridized carbons (Fsp3) is 0.400. The second-order valence-corrected chi connectivity index (χ2v) is 6.92. The van der Waals surface area contributed by atoms with Gasteiger partial charge in [-0.1, -0.05) is 12.1 Å². The molecule has 3 rings (SSSR count). The van der Waals surface area contributed by atoms with Crippen molar-refractivity contribution in [1.29, 1.82) is 0 Å². The van der Waals surface area contributed by atoms with Gasteiger partial charge >= 0.3 is 0 Å². The molecule has 20 heavy (non-hydrogen) atoms. The van der Waals surface area contributed by atoms with E-state index in [-0.39, 0.29) is 5.75 Å². The van der Waals surface area contributed by atoms with Crippen molar-refractivity contribution < 1.29 is 9.32 Å². The van der Waals surface area contributed by atoms with Crippen LogP contribution in [0.1, 0.15) is 11.1 Å². The van der Waals surface area contributed by atoms with E-state index in [2.05, 4.69) is 9.88 Å². The van der Waals surface area contributed by atoms with Crippen molar-refractivity contribution in [3.8, 4) is 5.75 Å². The van der Waals surface area contributed by atoms with Gasteiger partial charge in [0.1, 0.15) is 11.3 Å². The summed E-state index contributed by atoms with van der Waals surface area (Å²) in [4.78, 5) is 6.61. The maximum atomic E-state index is 11.4. The molecule has 1 aliphatic heterocycles. The summed E-state index contributed by atoms with van der Waals surface area (Å²) in [7, 11) is -0.648. The third kappa shape index (κ3) is 2.55. The molecule has 0 aliphatic carbocycles. The molecule has 1 saturated heterocycles. The number of fused-ring (bicyclic) bond motifs is 1. The van der Waals surface area contributed by atoms with Crippen LogP contribution in [-0.4, -0.2) is 43.8 Å². The van der Waals surface area contributed by atoms with Crippen LogP contribution >= 0.6 is 0 Å². The second kappa shape index (κ2) is 5.50. The van der Waals surface area contributed by atoms with Crippen molar-refractivity contribution in [3.05, 3.63) is 35.5 Å². The number of aromatic nitrogens is 1. The summed E-state index contributed by atoms with van der Waals surface area (Å²) in [5, 5.41) is 11.1. The number of phenols is 1. The summed E-state index contributed by atoms with van der Waals surface area (Å²) in [6.45, 7) is 4.46. The van der Waals surface area contributed by atoms with Crippen LogP contribution in [0, 0.1) is 6.92 Å². The monoisotopic (exact) mass is 290 g/mol. The van der Waals surface area contributed by atoms with Gasteiger partial charge in [0, 0.05) is 53.5 Å². The van der Waals surface area contributed by atoms with Gasteiger partial charge in [-0.3, -0.25) is 14.1 Å². The van der Waals surface area contributed by atoms with Crippen LogP contribution < -0.4 is 0 Å². The summed E-state index contributed by atoms with van der Waals surface area (Å²) in [6, 6.07) is 5.93. The van der Waals surface area contributed by atoms with Crippen LogP contribution in [-0.2, 0) is 17.3 Å². The number of nitrogens with zero attached hydrogens (tertiary/aromatic N) is 2. The molecule has 0 bridgehead atoms. The van der Waals surface area contributed by atoms with Crippen LogP contribution in [0.2, 0.25) is 0 Å². The molecule has 5 heteroatoms. The number of rotatable bonds is 2. The number of aryl methyl sites for hydroxylation is 1. The van der Waals surface area contributed by atoms with Gasteiger partial charge in [0.15, 0.2) is 0 Å². The maximum Gasteiger partial charge on any atom is 0.144 e. The largest absolute Gasteiger partial charge is 0.505 e. The molecule has 0 spiro atoms. The van der Waals surface area contributed by atoms with Crippen LogP contribution in [0.4, 0.5) is 0 Å². The standard InChI is InChI=1S/C15H18N2O2S/c1-11-9-12(10-17-5-7-20(19)8-6-17)13-3-2-4-16-14(13)15(11)18/h2-4,9,18H,5-8,10H2,1H3. The highest BCUT2D eigenvalue weighted by Gasteiger charge is 2.17. The predicted octanol–water partition coefficient (Wildman–Crippen LogP) is 1.81. The van der Waals surface area contributed by atoms with Crippen molar-refractivity contribution in [2.45, 2.75) is 13.5 Å². The molecular weight excluding hydrogens is 272 g/mol. The highest BCUT2D eigenvalue weighted by Crippen LogP contribution is 2.30. The maximum absolute atomic E-state index is 11.4. The Balaban J connectivity index is 1.95. The van der Waals surface area contributed by atoms with E-state index in [0.29, 0.717) is 5.52 Å². The van der Waals surface area contributed by atoms with Crippen molar-refractivity contribution in [2.75, 3.05) is 24.6 Å². The molecule has 0 amide bonds. The Morgan fingerprint density at radius 3 is 2.90 bits per heavy atom. The molecule has 106 valence electrons. The van der Waals surface area contributed by atoms with Crippen LogP contribution in [0.5, 0.6) is 5.75 Å². The minimum atomic E-state index is -0.648. The smallest absolute Gasteiger partial charge is 0.144 e. The summed E-state index contributed by atoms with van der Waals surface area (Å²) in [5.41, 5.74) is 2.70. The first-order chi connectivity index (χ1) is 9.65. The van der Waals surface area contributed by atoms with Gasteiger partial charge in [-0.05, 0) is 24.1 Å². The number of hydrogen-bond donors (Lipinski definition) is 1. The van der Waals surface area contributed by atoms with Gasteiger partial charge in [0.05, 0.1) is 0 Å². The molecule has 1 fully saturated rings. The molecule has 1 aliphatic rings. The topological polar surface area (TPSA) is 53.4 Å². The highest BCUT2D eigenvalue weighted by molar-refractivity contribution is 7.85. The molecule has 0 atom stereocenters. The lowest BCUT2D eigenvalue weighted by molar-refractivity contribution is 0.292. The number of pyridine rings is 1. The van der Waals surface area contributed by atoms with E-state index in [4.69, 9.17) is 0 Å². The lowest BCUT2D eigenvalue weighted by Crippen LogP contribution is -2.37. The Hall–Kier alpha value is -1.46. The molecule has 0 unspecified atom stereocenters. The Labute approximate surface area is 120 Å². The Morgan fingerprint density at radius 2 is 2.15 bits per heavy atom. The van der Waals surface area contributed by atoms with Gasteiger partial charge in [0.25, 0.3) is 0 Å². The van der Waals surface area contributed by atoms with Gasteiger partial charge in [-0.2, -0.15) is 0 Å². The Bertz CT molecular complexity index is 662. The average molecular weight is 290 g/mol. The normalized spacial score (nSPS) is 17.6. The summed E-state index contributed by atoms with van der Waals surface area (Å²) >= 11 is 0. The van der Waals surface area contributed by atoms with E-state index >= 15 is 0 Å². The summed E-state index contributed by atoms with van der Waals surface area (Å²) < 4.78 is 11.4. The first kappa shape index (κ1) is 13.5. The minimum Gasteiger partial charge on any atom is -0.505 e. The van der Waals surface area contributed by atoms with Gasteiger partial charge < -0.3 is 5.11 Å². The zero-order valence-electron chi connectivity index (χ0n) is 11.5. The first-order valence-electron chi connectivity index (χ1n) is 6.78. The van der Waals surface area contributed by atoms with E-state index < -0.39 is 10.8 Å². The van der Waals surface area contributed by atoms with Crippen LogP contribution in [0.3, 0.4) is 0 Å². The van der Waals surface area contributed by atoms with Crippen molar-refractivity contribution >= 4 is 21.7 Å². The highest BCUT2D eigenvalue weighted by atomic mass is 32.2. The summed E-state index contributed by atoms with van der Waals surface area (Å²) in [5.74, 6) is 1.78. The number of phenolic OH excluding ortho intramolecular Hbond substituents is 1. The third-order valence-electron chi connectivity index (χ3n) is 3.81. The van der Waals surface area contributed by atoms with Crippen LogP contribution in [0.25, 0.3) is 10.9 Å². The molecular formula is C15H18N2O2S. The lowest BCUT2D eigenvalue weighted by Gasteiger charge is -2.26. The van der Waals surface area contributed by atoms with Crippen molar-refractivity contribution in [2.24, 2.45) is 0 Å². The van der Waals surface area contributed by atoms with E-state index in [1.165, 1.54) is 5.56 Å². The van der Waals surface area contributed by atoms with E-state index in [1.807, 2.05) is 25.1 Å².